The second-order valence-corrected chi connectivity index (χ2v) is 6.90. The molecule has 5 heteroatoms. The summed E-state index contributed by atoms with van der Waals surface area (Å²) in [5, 5.41) is 0. The fourth-order valence-electron chi connectivity index (χ4n) is 2.53. The maximum absolute atomic E-state index is 12.4. The van der Waals surface area contributed by atoms with Crippen molar-refractivity contribution in [1.29, 1.82) is 0 Å². The van der Waals surface area contributed by atoms with Gasteiger partial charge >= 0.3 is 5.97 Å². The lowest BCUT2D eigenvalue weighted by Crippen LogP contribution is -2.27. The van der Waals surface area contributed by atoms with E-state index in [2.05, 4.69) is 0 Å². The number of nitrogens with zero attached hydrogens (tertiary/aromatic N) is 2. The molecule has 0 spiro atoms. The first-order valence-electron chi connectivity index (χ1n) is 8.11. The number of rotatable bonds is 4. The smallest absolute Gasteiger partial charge is 0.338 e. The van der Waals surface area contributed by atoms with Crippen LogP contribution in [0.4, 0.5) is 11.4 Å². The fraction of sp³-hybridized carbons (Fsp3) is 0.556. The lowest BCUT2D eigenvalue weighted by molar-refractivity contribution is -0.117. The summed E-state index contributed by atoms with van der Waals surface area (Å²) in [6.07, 6.45) is 1.42. The Morgan fingerprint density at radius 3 is 2.52 bits per heavy atom. The third kappa shape index (κ3) is 4.24. The Bertz CT molecular complexity index is 605. The van der Waals surface area contributed by atoms with Crippen molar-refractivity contribution in [2.24, 2.45) is 0 Å². The number of hydrogen-bond donors (Lipinski definition) is 0. The van der Waals surface area contributed by atoms with Crippen LogP contribution in [-0.4, -0.2) is 37.6 Å². The first kappa shape index (κ1) is 17.3. The number of ether oxygens (including phenoxy) is 1. The van der Waals surface area contributed by atoms with E-state index in [9.17, 15) is 9.59 Å². The molecule has 0 unspecified atom stereocenters. The zero-order valence-corrected chi connectivity index (χ0v) is 14.7. The minimum Gasteiger partial charge on any atom is -0.456 e. The van der Waals surface area contributed by atoms with Crippen molar-refractivity contribution in [3.63, 3.8) is 0 Å². The maximum Gasteiger partial charge on any atom is 0.338 e. The van der Waals surface area contributed by atoms with Crippen molar-refractivity contribution in [3.8, 4) is 0 Å². The van der Waals surface area contributed by atoms with Gasteiger partial charge in [0.05, 0.1) is 5.56 Å². The van der Waals surface area contributed by atoms with Gasteiger partial charge in [-0.2, -0.15) is 0 Å². The molecule has 1 aromatic rings. The lowest BCUT2D eigenvalue weighted by atomic mass is 10.1. The van der Waals surface area contributed by atoms with Crippen molar-refractivity contribution in [2.75, 3.05) is 29.9 Å². The van der Waals surface area contributed by atoms with Gasteiger partial charge in [-0.05, 0) is 52.3 Å². The van der Waals surface area contributed by atoms with Crippen molar-refractivity contribution in [2.45, 2.75) is 46.1 Å². The zero-order chi connectivity index (χ0) is 17.2. The van der Waals surface area contributed by atoms with Crippen LogP contribution in [0.2, 0.25) is 0 Å². The highest BCUT2D eigenvalue weighted by molar-refractivity contribution is 5.98. The molecule has 23 heavy (non-hydrogen) atoms. The van der Waals surface area contributed by atoms with Crippen LogP contribution in [0.3, 0.4) is 0 Å². The fourth-order valence-corrected chi connectivity index (χ4v) is 2.53. The molecule has 0 saturated carbocycles. The first-order valence-corrected chi connectivity index (χ1v) is 8.11. The molecular formula is C18H26N2O3. The van der Waals surface area contributed by atoms with Crippen LogP contribution in [-0.2, 0) is 9.53 Å². The van der Waals surface area contributed by atoms with Gasteiger partial charge in [-0.15, -0.1) is 0 Å². The number of anilines is 2. The number of benzene rings is 1. The van der Waals surface area contributed by atoms with E-state index in [1.54, 1.807) is 11.0 Å². The monoisotopic (exact) mass is 318 g/mol. The van der Waals surface area contributed by atoms with Gasteiger partial charge in [-0.1, -0.05) is 0 Å². The van der Waals surface area contributed by atoms with Crippen LogP contribution < -0.4 is 9.80 Å². The standard InChI is InChI=1S/C18H26N2O3/c1-6-19(5)14-10-13(17(22)23-18(2,3)4)11-15(12-14)20-9-7-8-16(20)21/h10-12H,6-9H2,1-5H3. The molecule has 0 aliphatic carbocycles. The second-order valence-electron chi connectivity index (χ2n) is 6.90. The highest BCUT2D eigenvalue weighted by atomic mass is 16.6. The molecule has 0 N–H and O–H groups in total. The van der Waals surface area contributed by atoms with E-state index in [4.69, 9.17) is 4.74 Å². The number of amides is 1. The van der Waals surface area contributed by atoms with Crippen LogP contribution in [0.5, 0.6) is 0 Å². The molecule has 1 fully saturated rings. The molecule has 0 bridgehead atoms. The summed E-state index contributed by atoms with van der Waals surface area (Å²) in [7, 11) is 1.96. The van der Waals surface area contributed by atoms with E-state index in [0.717, 1.165) is 24.3 Å². The summed E-state index contributed by atoms with van der Waals surface area (Å²) in [5.41, 5.74) is 1.61. The van der Waals surface area contributed by atoms with Crippen LogP contribution in [0, 0.1) is 0 Å². The lowest BCUT2D eigenvalue weighted by Gasteiger charge is -2.24. The van der Waals surface area contributed by atoms with E-state index < -0.39 is 5.60 Å². The van der Waals surface area contributed by atoms with Gasteiger partial charge in [-0.3, -0.25) is 4.79 Å². The molecule has 1 aromatic carbocycles. The molecule has 126 valence electrons. The Balaban J connectivity index is 2.41. The summed E-state index contributed by atoms with van der Waals surface area (Å²) in [6, 6.07) is 5.53. The van der Waals surface area contributed by atoms with Crippen LogP contribution in [0.15, 0.2) is 18.2 Å². The van der Waals surface area contributed by atoms with Gasteiger partial charge < -0.3 is 14.5 Å². The van der Waals surface area contributed by atoms with E-state index in [1.807, 2.05) is 51.8 Å². The normalized spacial score (nSPS) is 15.0. The van der Waals surface area contributed by atoms with Gasteiger partial charge in [0.1, 0.15) is 5.60 Å². The quantitative estimate of drug-likeness (QED) is 0.800. The second kappa shape index (κ2) is 6.60. The van der Waals surface area contributed by atoms with Crippen molar-refractivity contribution in [3.05, 3.63) is 23.8 Å². The van der Waals surface area contributed by atoms with Crippen molar-refractivity contribution < 1.29 is 14.3 Å². The maximum atomic E-state index is 12.4. The summed E-state index contributed by atoms with van der Waals surface area (Å²) in [4.78, 5) is 28.2. The average molecular weight is 318 g/mol. The topological polar surface area (TPSA) is 49.9 Å². The highest BCUT2D eigenvalue weighted by Crippen LogP contribution is 2.29. The van der Waals surface area contributed by atoms with E-state index in [-0.39, 0.29) is 11.9 Å². The SMILES string of the molecule is CCN(C)c1cc(C(=O)OC(C)(C)C)cc(N2CCCC2=O)c1. The van der Waals surface area contributed by atoms with Gasteiger partial charge in [0.15, 0.2) is 0 Å². The number of hydrogen-bond acceptors (Lipinski definition) is 4. The largest absolute Gasteiger partial charge is 0.456 e. The molecule has 2 rings (SSSR count). The average Bonchev–Trinajstić information content (AvgIpc) is 2.90. The molecule has 0 aromatic heterocycles. The summed E-state index contributed by atoms with van der Waals surface area (Å²) < 4.78 is 5.48. The van der Waals surface area contributed by atoms with Crippen molar-refractivity contribution >= 4 is 23.3 Å². The Morgan fingerprint density at radius 1 is 1.30 bits per heavy atom. The van der Waals surface area contributed by atoms with Crippen LogP contribution in [0.1, 0.15) is 50.9 Å². The molecular weight excluding hydrogens is 292 g/mol. The molecule has 1 amide bonds. The first-order chi connectivity index (χ1) is 10.7. The summed E-state index contributed by atoms with van der Waals surface area (Å²) in [6.45, 7) is 9.09. The Hall–Kier alpha value is -2.04. The Labute approximate surface area is 138 Å². The molecule has 0 atom stereocenters. The Morgan fingerprint density at radius 2 is 2.00 bits per heavy atom. The van der Waals surface area contributed by atoms with Crippen molar-refractivity contribution in [1.82, 2.24) is 0 Å². The molecule has 1 aliphatic heterocycles. The van der Waals surface area contributed by atoms with Gasteiger partial charge in [-0.25, -0.2) is 4.79 Å². The predicted octanol–water partition coefficient (Wildman–Crippen LogP) is 3.22. The van der Waals surface area contributed by atoms with Crippen LogP contribution in [0.25, 0.3) is 0 Å². The van der Waals surface area contributed by atoms with Gasteiger partial charge in [0.25, 0.3) is 0 Å². The van der Waals surface area contributed by atoms with E-state index in [1.165, 1.54) is 0 Å². The van der Waals surface area contributed by atoms with Crippen LogP contribution >= 0.6 is 0 Å². The zero-order valence-electron chi connectivity index (χ0n) is 14.7. The Kier molecular flexibility index (Phi) is 4.97. The molecule has 5 nitrogen and oxygen atoms in total. The van der Waals surface area contributed by atoms with Gasteiger partial charge in [0, 0.05) is 37.9 Å². The predicted molar refractivity (Wildman–Crippen MR) is 92.1 cm³/mol. The highest BCUT2D eigenvalue weighted by Gasteiger charge is 2.25. The number of carbonyl (C=O) groups excluding carboxylic acids is 2. The molecule has 1 heterocycles. The molecule has 1 saturated heterocycles. The van der Waals surface area contributed by atoms with Gasteiger partial charge in [0.2, 0.25) is 5.91 Å². The van der Waals surface area contributed by atoms with E-state index >= 15 is 0 Å². The third-order valence-corrected chi connectivity index (χ3v) is 3.84. The minimum atomic E-state index is -0.548. The number of carbonyl (C=O) groups is 2. The molecule has 0 radical (unpaired) electrons. The third-order valence-electron chi connectivity index (χ3n) is 3.84. The van der Waals surface area contributed by atoms with E-state index in [0.29, 0.717) is 18.5 Å². The summed E-state index contributed by atoms with van der Waals surface area (Å²) >= 11 is 0. The minimum absolute atomic E-state index is 0.108. The summed E-state index contributed by atoms with van der Waals surface area (Å²) in [5.74, 6) is -0.256. The number of esters is 1. The molecule has 1 aliphatic rings.